The third-order valence-corrected chi connectivity index (χ3v) is 4.00. The second-order valence-corrected chi connectivity index (χ2v) is 5.73. The van der Waals surface area contributed by atoms with Crippen molar-refractivity contribution in [2.24, 2.45) is 5.92 Å². The van der Waals surface area contributed by atoms with Gasteiger partial charge in [0.2, 0.25) is 0 Å². The van der Waals surface area contributed by atoms with Crippen LogP contribution in [0.4, 0.5) is 0 Å². The largest absolute Gasteiger partial charge is 0.492 e. The number of benzene rings is 1. The van der Waals surface area contributed by atoms with E-state index in [0.29, 0.717) is 18.8 Å². The average Bonchev–Trinajstić information content (AvgIpc) is 2.86. The first-order valence-corrected chi connectivity index (χ1v) is 7.12. The average molecular weight is 311 g/mol. The molecule has 0 aliphatic carbocycles. The van der Waals surface area contributed by atoms with E-state index in [1.54, 1.807) is 0 Å². The predicted molar refractivity (Wildman–Crippen MR) is 71.2 cm³/mol. The van der Waals surface area contributed by atoms with Crippen LogP contribution in [0.2, 0.25) is 0 Å². The maximum absolute atomic E-state index is 12.5. The van der Waals surface area contributed by atoms with Crippen LogP contribution in [0.1, 0.15) is 28.8 Å². The van der Waals surface area contributed by atoms with Gasteiger partial charge in [0.1, 0.15) is 5.75 Å². The Morgan fingerprint density at radius 3 is 3.00 bits per heavy atom. The second kappa shape index (κ2) is 5.02. The van der Waals surface area contributed by atoms with Crippen molar-refractivity contribution < 1.29 is 14.3 Å². The maximum Gasteiger partial charge on any atom is 0.172 e. The highest BCUT2D eigenvalue weighted by Gasteiger charge is 2.28. The van der Waals surface area contributed by atoms with Crippen molar-refractivity contribution in [3.8, 4) is 5.75 Å². The molecule has 3 nitrogen and oxygen atoms in total. The van der Waals surface area contributed by atoms with Gasteiger partial charge in [-0.15, -0.1) is 0 Å². The van der Waals surface area contributed by atoms with Crippen LogP contribution in [-0.4, -0.2) is 25.6 Å². The standard InChI is InChI=1S/C14H15BrO3/c15-11-6-9-3-5-18-14(9)12(7-11)13(16)10-2-1-4-17-8-10/h6-7,10H,1-5,8H2. The molecule has 2 heterocycles. The molecule has 0 bridgehead atoms. The smallest absolute Gasteiger partial charge is 0.172 e. The van der Waals surface area contributed by atoms with Gasteiger partial charge in [-0.25, -0.2) is 0 Å². The van der Waals surface area contributed by atoms with E-state index in [-0.39, 0.29) is 11.7 Å². The van der Waals surface area contributed by atoms with Crippen molar-refractivity contribution in [2.75, 3.05) is 19.8 Å². The van der Waals surface area contributed by atoms with Gasteiger partial charge in [0, 0.05) is 23.4 Å². The van der Waals surface area contributed by atoms with Crippen molar-refractivity contribution in [3.63, 3.8) is 0 Å². The Labute approximate surface area is 115 Å². The van der Waals surface area contributed by atoms with Gasteiger partial charge in [0.25, 0.3) is 0 Å². The van der Waals surface area contributed by atoms with Crippen molar-refractivity contribution >= 4 is 21.7 Å². The number of hydrogen-bond acceptors (Lipinski definition) is 3. The molecule has 4 heteroatoms. The maximum atomic E-state index is 12.5. The molecule has 0 radical (unpaired) electrons. The first-order valence-electron chi connectivity index (χ1n) is 6.33. The van der Waals surface area contributed by atoms with Gasteiger partial charge in [-0.1, -0.05) is 15.9 Å². The molecule has 18 heavy (non-hydrogen) atoms. The molecule has 0 saturated carbocycles. The highest BCUT2D eigenvalue weighted by Crippen LogP contribution is 2.35. The van der Waals surface area contributed by atoms with E-state index < -0.39 is 0 Å². The molecule has 96 valence electrons. The summed E-state index contributed by atoms with van der Waals surface area (Å²) >= 11 is 3.47. The third-order valence-electron chi connectivity index (χ3n) is 3.54. The minimum Gasteiger partial charge on any atom is -0.492 e. The lowest BCUT2D eigenvalue weighted by atomic mass is 9.91. The number of carbonyl (C=O) groups excluding carboxylic acids is 1. The fourth-order valence-electron chi connectivity index (χ4n) is 2.62. The van der Waals surface area contributed by atoms with E-state index in [2.05, 4.69) is 15.9 Å². The molecule has 1 unspecified atom stereocenters. The minimum atomic E-state index is -0.0126. The molecule has 0 amide bonds. The summed E-state index contributed by atoms with van der Waals surface area (Å²) in [5.74, 6) is 0.935. The summed E-state index contributed by atoms with van der Waals surface area (Å²) in [4.78, 5) is 12.5. The molecule has 1 saturated heterocycles. The van der Waals surface area contributed by atoms with Crippen LogP contribution in [0.5, 0.6) is 5.75 Å². The van der Waals surface area contributed by atoms with Crippen LogP contribution in [0.3, 0.4) is 0 Å². The molecule has 1 aromatic carbocycles. The van der Waals surface area contributed by atoms with Gasteiger partial charge in [0.05, 0.1) is 18.8 Å². The third kappa shape index (κ3) is 2.19. The summed E-state index contributed by atoms with van der Waals surface area (Å²) in [6.45, 7) is 1.99. The number of Topliss-reactive ketones (excluding diaryl/α,β-unsaturated/α-hetero) is 1. The van der Waals surface area contributed by atoms with E-state index in [0.717, 1.165) is 41.7 Å². The first-order chi connectivity index (χ1) is 8.75. The highest BCUT2D eigenvalue weighted by atomic mass is 79.9. The van der Waals surface area contributed by atoms with Gasteiger partial charge in [0.15, 0.2) is 5.78 Å². The van der Waals surface area contributed by atoms with E-state index in [1.165, 1.54) is 0 Å². The van der Waals surface area contributed by atoms with Crippen molar-refractivity contribution in [1.82, 2.24) is 0 Å². The summed E-state index contributed by atoms with van der Waals surface area (Å²) in [6.07, 6.45) is 2.77. The van der Waals surface area contributed by atoms with Crippen molar-refractivity contribution in [3.05, 3.63) is 27.7 Å². The highest BCUT2D eigenvalue weighted by molar-refractivity contribution is 9.10. The van der Waals surface area contributed by atoms with Gasteiger partial charge in [-0.2, -0.15) is 0 Å². The fraction of sp³-hybridized carbons (Fsp3) is 0.500. The van der Waals surface area contributed by atoms with Crippen LogP contribution < -0.4 is 4.74 Å². The van der Waals surface area contributed by atoms with Crippen molar-refractivity contribution in [2.45, 2.75) is 19.3 Å². The predicted octanol–water partition coefficient (Wildman–Crippen LogP) is 2.99. The first kappa shape index (κ1) is 12.2. The number of ketones is 1. The van der Waals surface area contributed by atoms with Gasteiger partial charge in [-0.05, 0) is 30.5 Å². The summed E-state index contributed by atoms with van der Waals surface area (Å²) in [7, 11) is 0. The van der Waals surface area contributed by atoms with Crippen LogP contribution in [0.25, 0.3) is 0 Å². The number of fused-ring (bicyclic) bond motifs is 1. The monoisotopic (exact) mass is 310 g/mol. The Balaban J connectivity index is 1.93. The molecule has 0 spiro atoms. The summed E-state index contributed by atoms with van der Waals surface area (Å²) in [5.41, 5.74) is 1.84. The number of ether oxygens (including phenoxy) is 2. The van der Waals surface area contributed by atoms with E-state index in [4.69, 9.17) is 9.47 Å². The zero-order chi connectivity index (χ0) is 12.5. The summed E-state index contributed by atoms with van der Waals surface area (Å²) < 4.78 is 12.0. The molecule has 3 rings (SSSR count). The van der Waals surface area contributed by atoms with Crippen LogP contribution >= 0.6 is 15.9 Å². The number of carbonyl (C=O) groups is 1. The Morgan fingerprint density at radius 1 is 1.33 bits per heavy atom. The molecular weight excluding hydrogens is 296 g/mol. The summed E-state index contributed by atoms with van der Waals surface area (Å²) in [6, 6.07) is 3.91. The summed E-state index contributed by atoms with van der Waals surface area (Å²) in [5, 5.41) is 0. The molecule has 2 aliphatic heterocycles. The minimum absolute atomic E-state index is 0.0126. The number of halogens is 1. The van der Waals surface area contributed by atoms with E-state index in [1.807, 2.05) is 12.1 Å². The number of hydrogen-bond donors (Lipinski definition) is 0. The Bertz CT molecular complexity index is 478. The molecular formula is C14H15BrO3. The van der Waals surface area contributed by atoms with Crippen molar-refractivity contribution in [1.29, 1.82) is 0 Å². The molecule has 1 atom stereocenters. The van der Waals surface area contributed by atoms with Crippen LogP contribution in [0, 0.1) is 5.92 Å². The zero-order valence-electron chi connectivity index (χ0n) is 10.1. The molecule has 0 aromatic heterocycles. The number of rotatable bonds is 2. The zero-order valence-corrected chi connectivity index (χ0v) is 11.7. The normalized spacial score (nSPS) is 22.4. The molecule has 0 N–H and O–H groups in total. The lowest BCUT2D eigenvalue weighted by Crippen LogP contribution is -2.25. The lowest BCUT2D eigenvalue weighted by molar-refractivity contribution is 0.0459. The van der Waals surface area contributed by atoms with E-state index in [9.17, 15) is 4.79 Å². The van der Waals surface area contributed by atoms with E-state index >= 15 is 0 Å². The van der Waals surface area contributed by atoms with Crippen LogP contribution in [-0.2, 0) is 11.2 Å². The van der Waals surface area contributed by atoms with Crippen LogP contribution in [0.15, 0.2) is 16.6 Å². The topological polar surface area (TPSA) is 35.5 Å². The Kier molecular flexibility index (Phi) is 3.39. The van der Waals surface area contributed by atoms with Gasteiger partial charge in [-0.3, -0.25) is 4.79 Å². The fourth-order valence-corrected chi connectivity index (χ4v) is 3.12. The molecule has 1 aromatic rings. The second-order valence-electron chi connectivity index (χ2n) is 4.82. The Morgan fingerprint density at radius 2 is 2.22 bits per heavy atom. The van der Waals surface area contributed by atoms with Gasteiger partial charge >= 0.3 is 0 Å². The Hall–Kier alpha value is -0.870. The SMILES string of the molecule is O=C(c1cc(Br)cc2c1OCC2)C1CCCOC1. The molecule has 2 aliphatic rings. The lowest BCUT2D eigenvalue weighted by Gasteiger charge is -2.21. The van der Waals surface area contributed by atoms with Gasteiger partial charge < -0.3 is 9.47 Å². The molecule has 1 fully saturated rings. The quantitative estimate of drug-likeness (QED) is 0.788.